The fourth-order valence-corrected chi connectivity index (χ4v) is 1.22. The number of nitrogens with zero attached hydrogens (tertiary/aromatic N) is 2. The first-order valence-electron chi connectivity index (χ1n) is 5.16. The Hall–Kier alpha value is -1.30. The van der Waals surface area contributed by atoms with Gasteiger partial charge in [0.25, 0.3) is 0 Å². The predicted octanol–water partition coefficient (Wildman–Crippen LogP) is 1.06. The molecule has 1 heterocycles. The van der Waals surface area contributed by atoms with Gasteiger partial charge in [-0.3, -0.25) is 4.79 Å². The highest BCUT2D eigenvalue weighted by Gasteiger charge is 2.23. The van der Waals surface area contributed by atoms with Gasteiger partial charge in [-0.25, -0.2) is 0 Å². The average molecular weight is 245 g/mol. The summed E-state index contributed by atoms with van der Waals surface area (Å²) in [4.78, 5) is 11.3. The van der Waals surface area contributed by atoms with E-state index < -0.39 is 0 Å². The molecular formula is C9H13ClN4O2. The molecular weight excluding hydrogens is 232 g/mol. The van der Waals surface area contributed by atoms with Crippen molar-refractivity contribution in [2.75, 3.05) is 11.9 Å². The average Bonchev–Trinajstić information content (AvgIpc) is 2.91. The molecule has 0 radical (unpaired) electrons. The monoisotopic (exact) mass is 244 g/mol. The number of nitrogens with one attached hydrogen (secondary N) is 2. The molecule has 0 spiro atoms. The minimum Gasteiger partial charge on any atom is -0.406 e. The topological polar surface area (TPSA) is 80.0 Å². The first kappa shape index (κ1) is 11.2. The molecule has 0 saturated heterocycles. The SMILES string of the molecule is CC(Cl)c1nnc(NCC(=O)NC2CC2)o1. The number of hydrogen-bond acceptors (Lipinski definition) is 5. The summed E-state index contributed by atoms with van der Waals surface area (Å²) < 4.78 is 5.17. The third-order valence-electron chi connectivity index (χ3n) is 2.12. The van der Waals surface area contributed by atoms with Gasteiger partial charge in [0.15, 0.2) is 0 Å². The Labute approximate surface area is 97.7 Å². The molecule has 1 amide bonds. The summed E-state index contributed by atoms with van der Waals surface area (Å²) >= 11 is 5.75. The number of alkyl halides is 1. The molecule has 1 saturated carbocycles. The lowest BCUT2D eigenvalue weighted by atomic mass is 10.5. The molecule has 7 heteroatoms. The Balaban J connectivity index is 1.77. The number of carbonyl (C=O) groups excluding carboxylic acids is 1. The molecule has 1 aromatic rings. The van der Waals surface area contributed by atoms with E-state index in [1.165, 1.54) is 0 Å². The van der Waals surface area contributed by atoms with Gasteiger partial charge in [0.05, 0.1) is 6.54 Å². The quantitative estimate of drug-likeness (QED) is 0.757. The zero-order chi connectivity index (χ0) is 11.5. The molecule has 0 bridgehead atoms. The van der Waals surface area contributed by atoms with Crippen molar-refractivity contribution >= 4 is 23.5 Å². The zero-order valence-electron chi connectivity index (χ0n) is 8.86. The van der Waals surface area contributed by atoms with Crippen molar-refractivity contribution in [2.45, 2.75) is 31.2 Å². The third-order valence-corrected chi connectivity index (χ3v) is 2.31. The van der Waals surface area contributed by atoms with Crippen molar-refractivity contribution < 1.29 is 9.21 Å². The van der Waals surface area contributed by atoms with Crippen molar-refractivity contribution in [3.63, 3.8) is 0 Å². The highest BCUT2D eigenvalue weighted by atomic mass is 35.5. The molecule has 6 nitrogen and oxygen atoms in total. The summed E-state index contributed by atoms with van der Waals surface area (Å²) in [6.07, 6.45) is 2.14. The van der Waals surface area contributed by atoms with Gasteiger partial charge >= 0.3 is 6.01 Å². The van der Waals surface area contributed by atoms with Gasteiger partial charge in [-0.2, -0.15) is 0 Å². The van der Waals surface area contributed by atoms with E-state index in [-0.39, 0.29) is 23.8 Å². The largest absolute Gasteiger partial charge is 0.406 e. The molecule has 1 aliphatic carbocycles. The summed E-state index contributed by atoms with van der Waals surface area (Å²) in [6.45, 7) is 1.87. The Bertz CT molecular complexity index is 375. The molecule has 1 atom stereocenters. The van der Waals surface area contributed by atoms with Crippen LogP contribution in [0.4, 0.5) is 6.01 Å². The molecule has 88 valence electrons. The number of aromatic nitrogens is 2. The minimum atomic E-state index is -0.330. The minimum absolute atomic E-state index is 0.0684. The van der Waals surface area contributed by atoms with E-state index >= 15 is 0 Å². The lowest BCUT2D eigenvalue weighted by Crippen LogP contribution is -2.31. The molecule has 16 heavy (non-hydrogen) atoms. The molecule has 1 aliphatic rings. The van der Waals surface area contributed by atoms with Gasteiger partial charge in [0.1, 0.15) is 5.38 Å². The van der Waals surface area contributed by atoms with Crippen LogP contribution in [-0.2, 0) is 4.79 Å². The highest BCUT2D eigenvalue weighted by molar-refractivity contribution is 6.20. The Kier molecular flexibility index (Phi) is 3.28. The first-order chi connectivity index (χ1) is 7.65. The maximum absolute atomic E-state index is 11.3. The van der Waals surface area contributed by atoms with Gasteiger partial charge in [0.2, 0.25) is 11.8 Å². The number of anilines is 1. The van der Waals surface area contributed by atoms with Crippen LogP contribution in [0.25, 0.3) is 0 Å². The Morgan fingerprint density at radius 3 is 2.94 bits per heavy atom. The first-order valence-corrected chi connectivity index (χ1v) is 5.59. The van der Waals surface area contributed by atoms with E-state index in [4.69, 9.17) is 16.0 Å². The molecule has 0 aliphatic heterocycles. The zero-order valence-corrected chi connectivity index (χ0v) is 9.62. The van der Waals surface area contributed by atoms with Crippen molar-refractivity contribution in [3.8, 4) is 0 Å². The van der Waals surface area contributed by atoms with Gasteiger partial charge in [0, 0.05) is 6.04 Å². The van der Waals surface area contributed by atoms with Crippen molar-refractivity contribution in [1.82, 2.24) is 15.5 Å². The number of hydrogen-bond donors (Lipinski definition) is 2. The van der Waals surface area contributed by atoms with Crippen LogP contribution >= 0.6 is 11.6 Å². The maximum atomic E-state index is 11.3. The van der Waals surface area contributed by atoms with Gasteiger partial charge in [-0.1, -0.05) is 5.10 Å². The van der Waals surface area contributed by atoms with Gasteiger partial charge in [-0.05, 0) is 19.8 Å². The van der Waals surface area contributed by atoms with Crippen molar-refractivity contribution in [1.29, 1.82) is 0 Å². The van der Waals surface area contributed by atoms with E-state index in [1.54, 1.807) is 6.92 Å². The van der Waals surface area contributed by atoms with Crippen molar-refractivity contribution in [2.24, 2.45) is 0 Å². The van der Waals surface area contributed by atoms with Crippen LogP contribution in [0.5, 0.6) is 0 Å². The maximum Gasteiger partial charge on any atom is 0.315 e. The van der Waals surface area contributed by atoms with Crippen molar-refractivity contribution in [3.05, 3.63) is 5.89 Å². The number of amides is 1. The smallest absolute Gasteiger partial charge is 0.315 e. The fourth-order valence-electron chi connectivity index (χ4n) is 1.13. The second kappa shape index (κ2) is 4.69. The highest BCUT2D eigenvalue weighted by Crippen LogP contribution is 2.19. The second-order valence-corrected chi connectivity index (χ2v) is 4.41. The lowest BCUT2D eigenvalue weighted by Gasteiger charge is -2.02. The predicted molar refractivity (Wildman–Crippen MR) is 58.2 cm³/mol. The van der Waals surface area contributed by atoms with Crippen LogP contribution in [0.2, 0.25) is 0 Å². The number of carbonyl (C=O) groups is 1. The number of rotatable bonds is 5. The fraction of sp³-hybridized carbons (Fsp3) is 0.667. The van der Waals surface area contributed by atoms with E-state index in [0.29, 0.717) is 11.9 Å². The molecule has 1 fully saturated rings. The van der Waals surface area contributed by atoms with Crippen LogP contribution in [-0.4, -0.2) is 28.7 Å². The van der Waals surface area contributed by atoms with E-state index in [9.17, 15) is 4.79 Å². The van der Waals surface area contributed by atoms with Gasteiger partial charge < -0.3 is 15.1 Å². The lowest BCUT2D eigenvalue weighted by molar-refractivity contribution is -0.119. The van der Waals surface area contributed by atoms with Crippen LogP contribution in [0.3, 0.4) is 0 Å². The van der Waals surface area contributed by atoms with Crippen LogP contribution in [0.1, 0.15) is 31.0 Å². The second-order valence-electron chi connectivity index (χ2n) is 3.76. The molecule has 0 aromatic carbocycles. The molecule has 1 aromatic heterocycles. The van der Waals surface area contributed by atoms with Crippen LogP contribution in [0, 0.1) is 0 Å². The normalized spacial score (nSPS) is 16.9. The Morgan fingerprint density at radius 1 is 1.62 bits per heavy atom. The molecule has 1 unspecified atom stereocenters. The molecule has 2 N–H and O–H groups in total. The Morgan fingerprint density at radius 2 is 2.38 bits per heavy atom. The summed E-state index contributed by atoms with van der Waals surface area (Å²) in [6, 6.07) is 0.573. The van der Waals surface area contributed by atoms with Gasteiger partial charge in [-0.15, -0.1) is 16.7 Å². The summed E-state index contributed by atoms with van der Waals surface area (Å²) in [5.74, 6) is 0.271. The van der Waals surface area contributed by atoms with Crippen LogP contribution < -0.4 is 10.6 Å². The van der Waals surface area contributed by atoms with Crippen LogP contribution in [0.15, 0.2) is 4.42 Å². The van der Waals surface area contributed by atoms with E-state index in [0.717, 1.165) is 12.8 Å². The summed E-state index contributed by atoms with van der Waals surface area (Å²) in [5, 5.41) is 12.7. The van der Waals surface area contributed by atoms with E-state index in [2.05, 4.69) is 20.8 Å². The molecule has 2 rings (SSSR count). The summed E-state index contributed by atoms with van der Waals surface area (Å²) in [7, 11) is 0. The number of halogens is 1. The standard InChI is InChI=1S/C9H13ClN4O2/c1-5(10)8-13-14-9(16-8)11-4-7(15)12-6-2-3-6/h5-6H,2-4H2,1H3,(H,11,14)(H,12,15). The third kappa shape index (κ3) is 3.10. The van der Waals surface area contributed by atoms with E-state index in [1.807, 2.05) is 0 Å². The summed E-state index contributed by atoms with van der Waals surface area (Å²) in [5.41, 5.74) is 0.